The first-order chi connectivity index (χ1) is 8.72. The Balaban J connectivity index is 2.22. The van der Waals surface area contributed by atoms with Crippen LogP contribution in [-0.4, -0.2) is 29.4 Å². The van der Waals surface area contributed by atoms with Crippen LogP contribution >= 0.6 is 0 Å². The molecule has 3 nitrogen and oxygen atoms in total. The van der Waals surface area contributed by atoms with Gasteiger partial charge in [-0.25, -0.2) is 4.98 Å². The van der Waals surface area contributed by atoms with Crippen LogP contribution in [0.15, 0.2) is 36.4 Å². The van der Waals surface area contributed by atoms with E-state index in [1.54, 1.807) is 11.0 Å². The van der Waals surface area contributed by atoms with E-state index in [0.29, 0.717) is 5.69 Å². The fraction of sp³-hybridized carbons (Fsp3) is 0.333. The molecule has 1 aromatic heterocycles. The van der Waals surface area contributed by atoms with Gasteiger partial charge in [0.05, 0.1) is 5.52 Å². The van der Waals surface area contributed by atoms with Gasteiger partial charge in [0.2, 0.25) is 0 Å². The number of benzene rings is 1. The number of amides is 1. The van der Waals surface area contributed by atoms with Crippen molar-refractivity contribution in [2.24, 2.45) is 0 Å². The Morgan fingerprint density at radius 2 is 2.00 bits per heavy atom. The first kappa shape index (κ1) is 12.6. The lowest BCUT2D eigenvalue weighted by Gasteiger charge is -2.16. The quantitative estimate of drug-likeness (QED) is 0.825. The Bertz CT molecular complexity index is 551. The van der Waals surface area contributed by atoms with Crippen LogP contribution in [0.3, 0.4) is 0 Å². The van der Waals surface area contributed by atoms with E-state index < -0.39 is 0 Å². The minimum absolute atomic E-state index is 0.00537. The molecule has 0 aliphatic carbocycles. The summed E-state index contributed by atoms with van der Waals surface area (Å²) in [7, 11) is 1.83. The molecule has 0 saturated heterocycles. The molecule has 2 aromatic rings. The lowest BCUT2D eigenvalue weighted by atomic mass is 10.2. The number of aromatic nitrogens is 1. The maximum absolute atomic E-state index is 12.2. The van der Waals surface area contributed by atoms with Gasteiger partial charge < -0.3 is 4.90 Å². The Morgan fingerprint density at radius 1 is 1.22 bits per heavy atom. The van der Waals surface area contributed by atoms with Gasteiger partial charge in [0.25, 0.3) is 5.91 Å². The molecular formula is C15H18N2O. The monoisotopic (exact) mass is 242 g/mol. The highest BCUT2D eigenvalue weighted by molar-refractivity contribution is 5.94. The highest BCUT2D eigenvalue weighted by atomic mass is 16.2. The molecule has 0 saturated carbocycles. The summed E-state index contributed by atoms with van der Waals surface area (Å²) in [5, 5.41) is 1.06. The molecule has 0 atom stereocenters. The van der Waals surface area contributed by atoms with Gasteiger partial charge in [0, 0.05) is 19.0 Å². The van der Waals surface area contributed by atoms with Crippen LogP contribution in [-0.2, 0) is 0 Å². The standard InChI is InChI=1S/C15H18N2O/c1-3-4-11-17(2)15(18)14-10-9-12-7-5-6-8-13(12)16-14/h5-10H,3-4,11H2,1-2H3. The highest BCUT2D eigenvalue weighted by Gasteiger charge is 2.12. The summed E-state index contributed by atoms with van der Waals surface area (Å²) in [4.78, 5) is 18.3. The Labute approximate surface area is 107 Å². The molecule has 0 unspecified atom stereocenters. The number of pyridine rings is 1. The van der Waals surface area contributed by atoms with Gasteiger partial charge >= 0.3 is 0 Å². The van der Waals surface area contributed by atoms with Gasteiger partial charge in [0.1, 0.15) is 5.69 Å². The highest BCUT2D eigenvalue weighted by Crippen LogP contribution is 2.12. The Morgan fingerprint density at radius 3 is 2.78 bits per heavy atom. The lowest BCUT2D eigenvalue weighted by Crippen LogP contribution is -2.28. The minimum Gasteiger partial charge on any atom is -0.340 e. The van der Waals surface area contributed by atoms with Crippen molar-refractivity contribution in [1.29, 1.82) is 0 Å². The zero-order valence-electron chi connectivity index (χ0n) is 10.9. The molecule has 1 aromatic carbocycles. The summed E-state index contributed by atoms with van der Waals surface area (Å²) in [6.07, 6.45) is 2.11. The topological polar surface area (TPSA) is 33.2 Å². The first-order valence-corrected chi connectivity index (χ1v) is 6.33. The SMILES string of the molecule is CCCCN(C)C(=O)c1ccc2ccccc2n1. The van der Waals surface area contributed by atoms with Crippen LogP contribution in [0.25, 0.3) is 10.9 Å². The summed E-state index contributed by atoms with van der Waals surface area (Å²) in [6, 6.07) is 11.6. The normalized spacial score (nSPS) is 10.6. The maximum Gasteiger partial charge on any atom is 0.272 e. The molecular weight excluding hydrogens is 224 g/mol. The van der Waals surface area contributed by atoms with Crippen LogP contribution in [0.5, 0.6) is 0 Å². The summed E-state index contributed by atoms with van der Waals surface area (Å²) < 4.78 is 0. The van der Waals surface area contributed by atoms with Gasteiger partial charge in [-0.2, -0.15) is 0 Å². The summed E-state index contributed by atoms with van der Waals surface area (Å²) in [6.45, 7) is 2.90. The number of unbranched alkanes of at least 4 members (excludes halogenated alkanes) is 1. The lowest BCUT2D eigenvalue weighted by molar-refractivity contribution is 0.0788. The van der Waals surface area contributed by atoms with Crippen LogP contribution in [0.1, 0.15) is 30.3 Å². The number of para-hydroxylation sites is 1. The van der Waals surface area contributed by atoms with Crippen molar-refractivity contribution in [2.45, 2.75) is 19.8 Å². The predicted molar refractivity (Wildman–Crippen MR) is 73.6 cm³/mol. The molecule has 94 valence electrons. The number of carbonyl (C=O) groups is 1. The zero-order chi connectivity index (χ0) is 13.0. The van der Waals surface area contributed by atoms with Gasteiger partial charge in [-0.15, -0.1) is 0 Å². The van der Waals surface area contributed by atoms with Crippen LogP contribution in [0.4, 0.5) is 0 Å². The summed E-state index contributed by atoms with van der Waals surface area (Å²) in [5.41, 5.74) is 1.39. The number of hydrogen-bond acceptors (Lipinski definition) is 2. The second kappa shape index (κ2) is 5.63. The maximum atomic E-state index is 12.2. The van der Waals surface area contributed by atoms with Gasteiger partial charge in [-0.3, -0.25) is 4.79 Å². The third kappa shape index (κ3) is 2.67. The van der Waals surface area contributed by atoms with Crippen molar-refractivity contribution in [3.63, 3.8) is 0 Å². The Hall–Kier alpha value is -1.90. The molecule has 0 bridgehead atoms. The molecule has 0 N–H and O–H groups in total. The van der Waals surface area contributed by atoms with Crippen molar-refractivity contribution in [1.82, 2.24) is 9.88 Å². The van der Waals surface area contributed by atoms with Crippen molar-refractivity contribution in [3.8, 4) is 0 Å². The van der Waals surface area contributed by atoms with Gasteiger partial charge in [-0.05, 0) is 18.6 Å². The average Bonchev–Trinajstić information content (AvgIpc) is 2.43. The molecule has 0 spiro atoms. The van der Waals surface area contributed by atoms with Crippen LogP contribution in [0, 0.1) is 0 Å². The average molecular weight is 242 g/mol. The molecule has 1 heterocycles. The molecule has 1 amide bonds. The zero-order valence-corrected chi connectivity index (χ0v) is 10.9. The van der Waals surface area contributed by atoms with E-state index in [9.17, 15) is 4.79 Å². The largest absolute Gasteiger partial charge is 0.340 e. The number of nitrogens with zero attached hydrogens (tertiary/aromatic N) is 2. The summed E-state index contributed by atoms with van der Waals surface area (Å²) >= 11 is 0. The fourth-order valence-electron chi connectivity index (χ4n) is 1.88. The smallest absolute Gasteiger partial charge is 0.272 e. The molecule has 18 heavy (non-hydrogen) atoms. The Kier molecular flexibility index (Phi) is 3.92. The van der Waals surface area contributed by atoms with E-state index in [-0.39, 0.29) is 5.91 Å². The van der Waals surface area contributed by atoms with E-state index in [0.717, 1.165) is 30.3 Å². The molecule has 0 aliphatic heterocycles. The van der Waals surface area contributed by atoms with Crippen molar-refractivity contribution < 1.29 is 4.79 Å². The molecule has 2 rings (SSSR count). The van der Waals surface area contributed by atoms with E-state index in [1.807, 2.05) is 37.4 Å². The predicted octanol–water partition coefficient (Wildman–Crippen LogP) is 3.11. The molecule has 0 radical (unpaired) electrons. The van der Waals surface area contributed by atoms with E-state index >= 15 is 0 Å². The number of hydrogen-bond donors (Lipinski definition) is 0. The van der Waals surface area contributed by atoms with Crippen LogP contribution < -0.4 is 0 Å². The van der Waals surface area contributed by atoms with Crippen molar-refractivity contribution in [3.05, 3.63) is 42.1 Å². The van der Waals surface area contributed by atoms with Gasteiger partial charge in [0.15, 0.2) is 0 Å². The summed E-state index contributed by atoms with van der Waals surface area (Å²) in [5.74, 6) is -0.00537. The van der Waals surface area contributed by atoms with Crippen LogP contribution in [0.2, 0.25) is 0 Å². The molecule has 3 heteroatoms. The number of fused-ring (bicyclic) bond motifs is 1. The van der Waals surface area contributed by atoms with E-state index in [1.165, 1.54) is 0 Å². The van der Waals surface area contributed by atoms with E-state index in [4.69, 9.17) is 0 Å². The second-order valence-corrected chi connectivity index (χ2v) is 4.47. The van der Waals surface area contributed by atoms with Crippen molar-refractivity contribution >= 4 is 16.8 Å². The van der Waals surface area contributed by atoms with Gasteiger partial charge in [-0.1, -0.05) is 37.6 Å². The van der Waals surface area contributed by atoms with Crippen molar-refractivity contribution in [2.75, 3.05) is 13.6 Å². The first-order valence-electron chi connectivity index (χ1n) is 6.33. The second-order valence-electron chi connectivity index (χ2n) is 4.47. The fourth-order valence-corrected chi connectivity index (χ4v) is 1.88. The number of rotatable bonds is 4. The molecule has 0 aliphatic rings. The third-order valence-electron chi connectivity index (χ3n) is 3.01. The third-order valence-corrected chi connectivity index (χ3v) is 3.01. The minimum atomic E-state index is -0.00537. The molecule has 0 fully saturated rings. The van der Waals surface area contributed by atoms with E-state index in [2.05, 4.69) is 11.9 Å². The number of carbonyl (C=O) groups excluding carboxylic acids is 1.